The number of rotatable bonds is 10. The highest BCUT2D eigenvalue weighted by molar-refractivity contribution is 7.92. The van der Waals surface area contributed by atoms with Crippen LogP contribution in [0.3, 0.4) is 0 Å². The van der Waals surface area contributed by atoms with Crippen molar-refractivity contribution in [2.45, 2.75) is 11.8 Å². The maximum absolute atomic E-state index is 13.3. The summed E-state index contributed by atoms with van der Waals surface area (Å²) < 4.78 is 51.5. The van der Waals surface area contributed by atoms with Gasteiger partial charge in [0.25, 0.3) is 15.9 Å². The van der Waals surface area contributed by atoms with Crippen LogP contribution < -0.4 is 14.8 Å². The molecule has 9 heteroatoms. The maximum Gasteiger partial charge on any atom is 0.261 e. The minimum atomic E-state index is -3.91. The standard InChI is InChI=1S/C23H23FN2O5S/c1-2-30-14-15-31-22-9-4-3-8-21(22)23(27)25-18-10-12-20(13-11-18)32(28,29)26-19-7-5-6-17(24)16-19/h3-13,16,26H,2,14-15H2,1H3,(H,25,27). The van der Waals surface area contributed by atoms with Gasteiger partial charge in [0.1, 0.15) is 18.2 Å². The second-order valence-electron chi connectivity index (χ2n) is 6.64. The molecule has 0 saturated heterocycles. The Morgan fingerprint density at radius 3 is 2.41 bits per heavy atom. The Morgan fingerprint density at radius 2 is 1.69 bits per heavy atom. The molecule has 0 unspecified atom stereocenters. The van der Waals surface area contributed by atoms with Gasteiger partial charge in [-0.25, -0.2) is 12.8 Å². The van der Waals surface area contributed by atoms with E-state index >= 15 is 0 Å². The molecule has 3 rings (SSSR count). The first kappa shape index (κ1) is 23.2. The van der Waals surface area contributed by atoms with Gasteiger partial charge in [0.15, 0.2) is 0 Å². The molecule has 168 valence electrons. The molecule has 0 spiro atoms. The van der Waals surface area contributed by atoms with Gasteiger partial charge in [-0.3, -0.25) is 9.52 Å². The average Bonchev–Trinajstić information content (AvgIpc) is 2.77. The Kier molecular flexibility index (Phi) is 7.80. The number of sulfonamides is 1. The minimum Gasteiger partial charge on any atom is -0.490 e. The number of hydrogen-bond donors (Lipinski definition) is 2. The van der Waals surface area contributed by atoms with Gasteiger partial charge in [-0.1, -0.05) is 18.2 Å². The van der Waals surface area contributed by atoms with Crippen LogP contribution in [0.1, 0.15) is 17.3 Å². The zero-order valence-electron chi connectivity index (χ0n) is 17.4. The van der Waals surface area contributed by atoms with Crippen molar-refractivity contribution in [3.63, 3.8) is 0 Å². The van der Waals surface area contributed by atoms with E-state index < -0.39 is 21.7 Å². The first-order valence-electron chi connectivity index (χ1n) is 9.88. The third-order valence-corrected chi connectivity index (χ3v) is 5.72. The van der Waals surface area contributed by atoms with Crippen LogP contribution in [0.4, 0.5) is 15.8 Å². The van der Waals surface area contributed by atoms with Gasteiger partial charge in [-0.05, 0) is 61.5 Å². The van der Waals surface area contributed by atoms with E-state index in [1.54, 1.807) is 24.3 Å². The zero-order valence-corrected chi connectivity index (χ0v) is 18.2. The van der Waals surface area contributed by atoms with Crippen molar-refractivity contribution >= 4 is 27.3 Å². The summed E-state index contributed by atoms with van der Waals surface area (Å²) in [5.41, 5.74) is 0.862. The van der Waals surface area contributed by atoms with Crippen LogP contribution in [0.25, 0.3) is 0 Å². The number of anilines is 2. The summed E-state index contributed by atoms with van der Waals surface area (Å²) >= 11 is 0. The predicted molar refractivity (Wildman–Crippen MR) is 120 cm³/mol. The van der Waals surface area contributed by atoms with Crippen molar-refractivity contribution in [2.24, 2.45) is 0 Å². The molecule has 0 heterocycles. The molecule has 0 aliphatic heterocycles. The summed E-state index contributed by atoms with van der Waals surface area (Å²) in [7, 11) is -3.91. The molecule has 3 aromatic rings. The van der Waals surface area contributed by atoms with Gasteiger partial charge in [-0.2, -0.15) is 0 Å². The lowest BCUT2D eigenvalue weighted by Gasteiger charge is -2.12. The Balaban J connectivity index is 1.67. The molecule has 0 aliphatic rings. The normalized spacial score (nSPS) is 11.1. The lowest BCUT2D eigenvalue weighted by molar-refractivity contribution is 0.0998. The number of halogens is 1. The molecule has 0 fully saturated rings. The van der Waals surface area contributed by atoms with Crippen LogP contribution in [0, 0.1) is 5.82 Å². The Morgan fingerprint density at radius 1 is 0.938 bits per heavy atom. The highest BCUT2D eigenvalue weighted by Gasteiger charge is 2.16. The SMILES string of the molecule is CCOCCOc1ccccc1C(=O)Nc1ccc(S(=O)(=O)Nc2cccc(F)c2)cc1. The molecular formula is C23H23FN2O5S. The number of amides is 1. The van der Waals surface area contributed by atoms with Gasteiger partial charge in [0.05, 0.1) is 22.8 Å². The number of para-hydroxylation sites is 1. The molecule has 0 atom stereocenters. The van der Waals surface area contributed by atoms with Crippen LogP contribution in [0.15, 0.2) is 77.7 Å². The van der Waals surface area contributed by atoms with E-state index in [9.17, 15) is 17.6 Å². The van der Waals surface area contributed by atoms with Crippen LogP contribution in [0.5, 0.6) is 5.75 Å². The maximum atomic E-state index is 13.3. The molecular weight excluding hydrogens is 435 g/mol. The van der Waals surface area contributed by atoms with Gasteiger partial charge in [0, 0.05) is 12.3 Å². The fourth-order valence-electron chi connectivity index (χ4n) is 2.82. The molecule has 7 nitrogen and oxygen atoms in total. The lowest BCUT2D eigenvalue weighted by atomic mass is 10.2. The molecule has 2 N–H and O–H groups in total. The molecule has 0 bridgehead atoms. The second-order valence-corrected chi connectivity index (χ2v) is 8.32. The van der Waals surface area contributed by atoms with Crippen molar-refractivity contribution in [2.75, 3.05) is 29.9 Å². The highest BCUT2D eigenvalue weighted by Crippen LogP contribution is 2.22. The summed E-state index contributed by atoms with van der Waals surface area (Å²) in [5, 5.41) is 2.72. The third kappa shape index (κ3) is 6.29. The minimum absolute atomic E-state index is 0.0283. The van der Waals surface area contributed by atoms with Gasteiger partial charge >= 0.3 is 0 Å². The molecule has 32 heavy (non-hydrogen) atoms. The average molecular weight is 459 g/mol. The largest absolute Gasteiger partial charge is 0.490 e. The summed E-state index contributed by atoms with van der Waals surface area (Å²) in [6.45, 7) is 3.18. The number of benzene rings is 3. The van der Waals surface area contributed by atoms with Gasteiger partial charge in [-0.15, -0.1) is 0 Å². The fourth-order valence-corrected chi connectivity index (χ4v) is 3.87. The lowest BCUT2D eigenvalue weighted by Crippen LogP contribution is -2.16. The van der Waals surface area contributed by atoms with Crippen LogP contribution in [-0.4, -0.2) is 34.1 Å². The number of hydrogen-bond acceptors (Lipinski definition) is 5. The Bertz CT molecular complexity index is 1170. The van der Waals surface area contributed by atoms with Gasteiger partial charge < -0.3 is 14.8 Å². The number of carbonyl (C=O) groups is 1. The molecule has 0 radical (unpaired) electrons. The van der Waals surface area contributed by atoms with Crippen LogP contribution >= 0.6 is 0 Å². The van der Waals surface area contributed by atoms with E-state index in [1.807, 2.05) is 6.92 Å². The number of carbonyl (C=O) groups excluding carboxylic acids is 1. The van der Waals surface area contributed by atoms with Crippen molar-refractivity contribution in [3.05, 3.63) is 84.2 Å². The quantitative estimate of drug-likeness (QED) is 0.442. The molecule has 0 aromatic heterocycles. The van der Waals surface area contributed by atoms with Crippen molar-refractivity contribution in [3.8, 4) is 5.75 Å². The molecule has 1 amide bonds. The molecule has 0 saturated carbocycles. The van der Waals surface area contributed by atoms with E-state index in [0.29, 0.717) is 36.8 Å². The summed E-state index contributed by atoms with van der Waals surface area (Å²) in [5.74, 6) is -0.529. The van der Waals surface area contributed by atoms with Crippen molar-refractivity contribution in [1.29, 1.82) is 0 Å². The summed E-state index contributed by atoms with van der Waals surface area (Å²) in [6, 6.07) is 17.6. The summed E-state index contributed by atoms with van der Waals surface area (Å²) in [6.07, 6.45) is 0. The van der Waals surface area contributed by atoms with E-state index in [4.69, 9.17) is 9.47 Å². The predicted octanol–water partition coefficient (Wildman–Crippen LogP) is 4.29. The van der Waals surface area contributed by atoms with Crippen molar-refractivity contribution < 1.29 is 27.1 Å². The third-order valence-electron chi connectivity index (χ3n) is 4.32. The second kappa shape index (κ2) is 10.7. The van der Waals surface area contributed by atoms with E-state index in [-0.39, 0.29) is 10.6 Å². The first-order chi connectivity index (χ1) is 15.4. The Hall–Kier alpha value is -3.43. The topological polar surface area (TPSA) is 93.7 Å². The van der Waals surface area contributed by atoms with E-state index in [2.05, 4.69) is 10.0 Å². The summed E-state index contributed by atoms with van der Waals surface area (Å²) in [4.78, 5) is 12.7. The molecule has 0 aliphatic carbocycles. The van der Waals surface area contributed by atoms with E-state index in [1.165, 1.54) is 42.5 Å². The van der Waals surface area contributed by atoms with Crippen molar-refractivity contribution in [1.82, 2.24) is 0 Å². The Labute approximate surface area is 186 Å². The number of ether oxygens (including phenoxy) is 2. The monoisotopic (exact) mass is 458 g/mol. The van der Waals surface area contributed by atoms with Crippen LogP contribution in [0.2, 0.25) is 0 Å². The van der Waals surface area contributed by atoms with Crippen LogP contribution in [-0.2, 0) is 14.8 Å². The smallest absolute Gasteiger partial charge is 0.261 e. The van der Waals surface area contributed by atoms with E-state index in [0.717, 1.165) is 6.07 Å². The fraction of sp³-hybridized carbons (Fsp3) is 0.174. The molecule has 3 aromatic carbocycles. The number of nitrogens with one attached hydrogen (secondary N) is 2. The zero-order chi connectivity index (χ0) is 23.0. The van der Waals surface area contributed by atoms with Gasteiger partial charge in [0.2, 0.25) is 0 Å². The highest BCUT2D eigenvalue weighted by atomic mass is 32.2. The first-order valence-corrected chi connectivity index (χ1v) is 11.4.